The molecule has 1 heterocycles. The highest BCUT2D eigenvalue weighted by Gasteiger charge is 2.32. The summed E-state index contributed by atoms with van der Waals surface area (Å²) in [7, 11) is 0. The minimum absolute atomic E-state index is 0.0754. The Morgan fingerprint density at radius 2 is 2.11 bits per heavy atom. The Kier molecular flexibility index (Phi) is 5.01. The average molecular weight is 278 g/mol. The third-order valence-corrected chi connectivity index (χ3v) is 2.82. The molecule has 0 aliphatic carbocycles. The second kappa shape index (κ2) is 6.08. The molecule has 0 aliphatic rings. The summed E-state index contributed by atoms with van der Waals surface area (Å²) in [4.78, 5) is 15.1. The molecule has 1 aromatic rings. The van der Waals surface area contributed by atoms with Gasteiger partial charge in [-0.2, -0.15) is 24.9 Å². The van der Waals surface area contributed by atoms with Crippen molar-refractivity contribution in [2.24, 2.45) is 0 Å². The van der Waals surface area contributed by atoms with Gasteiger partial charge in [0.1, 0.15) is 5.69 Å². The van der Waals surface area contributed by atoms with E-state index in [1.54, 1.807) is 11.8 Å². The van der Waals surface area contributed by atoms with Gasteiger partial charge in [-0.25, -0.2) is 4.98 Å². The number of halogens is 3. The Bertz CT molecular complexity index is 435. The van der Waals surface area contributed by atoms with E-state index < -0.39 is 17.8 Å². The number of hydrogen-bond donors (Lipinski definition) is 1. The van der Waals surface area contributed by atoms with Gasteiger partial charge in [0, 0.05) is 12.3 Å². The molecule has 1 rings (SSSR count). The molecule has 7 heteroatoms. The first-order valence-corrected chi connectivity index (χ1v) is 6.57. The van der Waals surface area contributed by atoms with Crippen LogP contribution in [0.15, 0.2) is 12.1 Å². The lowest BCUT2D eigenvalue weighted by molar-refractivity contribution is -0.141. The predicted octanol–water partition coefficient (Wildman–Crippen LogP) is 2.50. The number of pyridine rings is 1. The molecule has 3 nitrogen and oxygen atoms in total. The maximum absolute atomic E-state index is 12.4. The maximum Gasteiger partial charge on any atom is 0.433 e. The topological polar surface area (TPSA) is 42.0 Å². The van der Waals surface area contributed by atoms with Gasteiger partial charge in [0.05, 0.1) is 11.3 Å². The quantitative estimate of drug-likeness (QED) is 0.860. The molecule has 1 aromatic heterocycles. The number of alkyl halides is 3. The largest absolute Gasteiger partial charge is 0.433 e. The molecule has 0 unspecified atom stereocenters. The van der Waals surface area contributed by atoms with Crippen LogP contribution < -0.4 is 5.32 Å². The van der Waals surface area contributed by atoms with E-state index in [1.807, 2.05) is 6.26 Å². The van der Waals surface area contributed by atoms with Crippen molar-refractivity contribution in [3.05, 3.63) is 29.1 Å². The second-order valence-electron chi connectivity index (χ2n) is 3.58. The number of amides is 1. The minimum Gasteiger partial charge on any atom is -0.351 e. The van der Waals surface area contributed by atoms with Crippen molar-refractivity contribution < 1.29 is 18.0 Å². The van der Waals surface area contributed by atoms with Gasteiger partial charge >= 0.3 is 6.18 Å². The van der Waals surface area contributed by atoms with E-state index in [0.29, 0.717) is 6.54 Å². The predicted molar refractivity (Wildman–Crippen MR) is 64.7 cm³/mol. The second-order valence-corrected chi connectivity index (χ2v) is 4.56. The Morgan fingerprint density at radius 1 is 1.44 bits per heavy atom. The van der Waals surface area contributed by atoms with Crippen molar-refractivity contribution in [3.63, 3.8) is 0 Å². The number of rotatable bonds is 4. The summed E-state index contributed by atoms with van der Waals surface area (Å²) in [5, 5.41) is 2.62. The molecule has 1 N–H and O–H groups in total. The number of aryl methyl sites for hydroxylation is 1. The zero-order valence-electron chi connectivity index (χ0n) is 9.97. The van der Waals surface area contributed by atoms with Crippen molar-refractivity contribution in [2.45, 2.75) is 13.1 Å². The van der Waals surface area contributed by atoms with Crippen LogP contribution >= 0.6 is 11.8 Å². The van der Waals surface area contributed by atoms with Gasteiger partial charge in [-0.1, -0.05) is 0 Å². The van der Waals surface area contributed by atoms with Gasteiger partial charge in [0.25, 0.3) is 5.91 Å². The van der Waals surface area contributed by atoms with E-state index in [0.717, 1.165) is 17.9 Å². The Hall–Kier alpha value is -1.24. The smallest absolute Gasteiger partial charge is 0.351 e. The molecule has 0 saturated heterocycles. The summed E-state index contributed by atoms with van der Waals surface area (Å²) in [6.07, 6.45) is -2.59. The molecule has 1 amide bonds. The van der Waals surface area contributed by atoms with Crippen LogP contribution in [0.25, 0.3) is 0 Å². The standard InChI is InChI=1S/C11H13F3N2OS/c1-7-8(10(17)15-5-6-18-2)3-4-9(16-7)11(12,13)14/h3-4H,5-6H2,1-2H3,(H,15,17). The number of nitrogens with zero attached hydrogens (tertiary/aromatic N) is 1. The zero-order chi connectivity index (χ0) is 13.8. The fourth-order valence-electron chi connectivity index (χ4n) is 1.32. The van der Waals surface area contributed by atoms with Crippen LogP contribution in [0.1, 0.15) is 21.7 Å². The Morgan fingerprint density at radius 3 is 2.61 bits per heavy atom. The highest BCUT2D eigenvalue weighted by molar-refractivity contribution is 7.98. The summed E-state index contributed by atoms with van der Waals surface area (Å²) >= 11 is 1.57. The third-order valence-electron chi connectivity index (χ3n) is 2.21. The molecular weight excluding hydrogens is 265 g/mol. The molecular formula is C11H13F3N2OS. The van der Waals surface area contributed by atoms with Crippen LogP contribution in [0.2, 0.25) is 0 Å². The van der Waals surface area contributed by atoms with Crippen LogP contribution in [0, 0.1) is 6.92 Å². The highest BCUT2D eigenvalue weighted by Crippen LogP contribution is 2.28. The van der Waals surface area contributed by atoms with Crippen molar-refractivity contribution in [2.75, 3.05) is 18.6 Å². The van der Waals surface area contributed by atoms with E-state index in [-0.39, 0.29) is 11.3 Å². The fourth-order valence-corrected chi connectivity index (χ4v) is 1.63. The van der Waals surface area contributed by atoms with Crippen molar-refractivity contribution in [1.82, 2.24) is 10.3 Å². The van der Waals surface area contributed by atoms with E-state index >= 15 is 0 Å². The average Bonchev–Trinajstić information content (AvgIpc) is 2.27. The van der Waals surface area contributed by atoms with Gasteiger partial charge in [-0.15, -0.1) is 0 Å². The van der Waals surface area contributed by atoms with Gasteiger partial charge in [-0.3, -0.25) is 4.79 Å². The van der Waals surface area contributed by atoms with Crippen molar-refractivity contribution in [3.8, 4) is 0 Å². The van der Waals surface area contributed by atoms with Gasteiger partial charge in [0.2, 0.25) is 0 Å². The van der Waals surface area contributed by atoms with Crippen molar-refractivity contribution >= 4 is 17.7 Å². The van der Waals surface area contributed by atoms with E-state index in [9.17, 15) is 18.0 Å². The van der Waals surface area contributed by atoms with Gasteiger partial charge < -0.3 is 5.32 Å². The summed E-state index contributed by atoms with van der Waals surface area (Å²) in [6.45, 7) is 1.86. The number of aromatic nitrogens is 1. The summed E-state index contributed by atoms with van der Waals surface area (Å²) in [5.41, 5.74) is -0.740. The Labute approximate surface area is 107 Å². The highest BCUT2D eigenvalue weighted by atomic mass is 32.2. The maximum atomic E-state index is 12.4. The van der Waals surface area contributed by atoms with E-state index in [1.165, 1.54) is 6.92 Å². The molecule has 0 fully saturated rings. The molecule has 0 aromatic carbocycles. The first-order valence-electron chi connectivity index (χ1n) is 5.18. The number of thioether (sulfide) groups is 1. The molecule has 100 valence electrons. The molecule has 0 spiro atoms. The number of carbonyl (C=O) groups excluding carboxylic acids is 1. The first kappa shape index (κ1) is 14.8. The fraction of sp³-hybridized carbons (Fsp3) is 0.455. The van der Waals surface area contributed by atoms with Crippen LogP contribution in [0.3, 0.4) is 0 Å². The zero-order valence-corrected chi connectivity index (χ0v) is 10.8. The molecule has 0 radical (unpaired) electrons. The van der Waals surface area contributed by atoms with Crippen LogP contribution in [0.5, 0.6) is 0 Å². The van der Waals surface area contributed by atoms with Crippen LogP contribution in [-0.2, 0) is 6.18 Å². The SMILES string of the molecule is CSCCNC(=O)c1ccc(C(F)(F)F)nc1C. The van der Waals surface area contributed by atoms with Crippen molar-refractivity contribution in [1.29, 1.82) is 0 Å². The summed E-state index contributed by atoms with van der Waals surface area (Å²) < 4.78 is 37.1. The monoisotopic (exact) mass is 278 g/mol. The Balaban J connectivity index is 2.82. The van der Waals surface area contributed by atoms with Gasteiger partial charge in [-0.05, 0) is 25.3 Å². The summed E-state index contributed by atoms with van der Waals surface area (Å²) in [6, 6.07) is 1.97. The molecule has 0 bridgehead atoms. The lowest BCUT2D eigenvalue weighted by atomic mass is 10.1. The first-order chi connectivity index (χ1) is 8.36. The molecule has 18 heavy (non-hydrogen) atoms. The molecule has 0 atom stereocenters. The van der Waals surface area contributed by atoms with Gasteiger partial charge in [0.15, 0.2) is 0 Å². The number of hydrogen-bond acceptors (Lipinski definition) is 3. The molecule has 0 saturated carbocycles. The normalized spacial score (nSPS) is 11.4. The van der Waals surface area contributed by atoms with E-state index in [4.69, 9.17) is 0 Å². The number of nitrogens with one attached hydrogen (secondary N) is 1. The van der Waals surface area contributed by atoms with Crippen LogP contribution in [-0.4, -0.2) is 29.4 Å². The minimum atomic E-state index is -4.49. The molecule has 0 aliphatic heterocycles. The lowest BCUT2D eigenvalue weighted by Crippen LogP contribution is -2.27. The number of carbonyl (C=O) groups is 1. The van der Waals surface area contributed by atoms with Crippen LogP contribution in [0.4, 0.5) is 13.2 Å². The summed E-state index contributed by atoms with van der Waals surface area (Å²) in [5.74, 6) is 0.349. The van der Waals surface area contributed by atoms with E-state index in [2.05, 4.69) is 10.3 Å². The third kappa shape index (κ3) is 3.90. The lowest BCUT2D eigenvalue weighted by Gasteiger charge is -2.10.